The largest absolute Gasteiger partial charge is 0.490 e. The third kappa shape index (κ3) is 5.33. The van der Waals surface area contributed by atoms with Gasteiger partial charge in [-0.15, -0.1) is 0 Å². The molecule has 2 rings (SSSR count). The van der Waals surface area contributed by atoms with Crippen molar-refractivity contribution in [2.45, 2.75) is 13.5 Å². The second-order valence-electron chi connectivity index (χ2n) is 4.92. The van der Waals surface area contributed by atoms with Crippen molar-refractivity contribution in [3.8, 4) is 5.75 Å². The number of nitrogens with zero attached hydrogens (tertiary/aromatic N) is 6. The van der Waals surface area contributed by atoms with E-state index in [0.717, 1.165) is 0 Å². The molecule has 1 amide bonds. The van der Waals surface area contributed by atoms with Gasteiger partial charge in [0.15, 0.2) is 6.61 Å². The second-order valence-corrected chi connectivity index (χ2v) is 4.92. The summed E-state index contributed by atoms with van der Waals surface area (Å²) in [6.45, 7) is 1.35. The summed E-state index contributed by atoms with van der Waals surface area (Å²) < 4.78 is 6.38. The van der Waals surface area contributed by atoms with Gasteiger partial charge in [-0.05, 0) is 24.0 Å². The Morgan fingerprint density at radius 1 is 1.27 bits per heavy atom. The fourth-order valence-electron chi connectivity index (χ4n) is 1.72. The fourth-order valence-corrected chi connectivity index (χ4v) is 1.72. The lowest BCUT2D eigenvalue weighted by Gasteiger charge is -2.05. The standard InChI is InChI=1S/C13H13N7O6/c1-9(6-18-8-14-13(17-18)20(24)25)15-16-12(21)7-26-11-4-2-10(3-5-11)19(22)23/h2-5,8H,6-7H2,1H3,(H,16,21)/b15-9+. The van der Waals surface area contributed by atoms with Gasteiger partial charge in [0.2, 0.25) is 6.33 Å². The summed E-state index contributed by atoms with van der Waals surface area (Å²) in [7, 11) is 0. The predicted octanol–water partition coefficient (Wildman–Crippen LogP) is 0.666. The van der Waals surface area contributed by atoms with Crippen molar-refractivity contribution in [3.63, 3.8) is 0 Å². The molecule has 13 heteroatoms. The van der Waals surface area contributed by atoms with Crippen molar-refractivity contribution in [1.29, 1.82) is 0 Å². The van der Waals surface area contributed by atoms with Crippen LogP contribution < -0.4 is 10.2 Å². The normalized spacial score (nSPS) is 11.0. The zero-order chi connectivity index (χ0) is 19.1. The van der Waals surface area contributed by atoms with Gasteiger partial charge in [0.1, 0.15) is 5.75 Å². The molecule has 0 fully saturated rings. The molecule has 0 aliphatic carbocycles. The molecule has 0 spiro atoms. The smallest absolute Gasteiger partial charge is 0.484 e. The maximum atomic E-state index is 11.7. The highest BCUT2D eigenvalue weighted by Gasteiger charge is 2.13. The minimum atomic E-state index is -0.722. The first kappa shape index (κ1) is 18.4. The van der Waals surface area contributed by atoms with E-state index in [0.29, 0.717) is 11.5 Å². The Morgan fingerprint density at radius 2 is 1.96 bits per heavy atom. The number of non-ortho nitro benzene ring substituents is 1. The molecular weight excluding hydrogens is 350 g/mol. The van der Waals surface area contributed by atoms with Gasteiger partial charge in [0.25, 0.3) is 11.6 Å². The Bertz CT molecular complexity index is 845. The van der Waals surface area contributed by atoms with E-state index >= 15 is 0 Å². The summed E-state index contributed by atoms with van der Waals surface area (Å²) in [6, 6.07) is 5.26. The number of aromatic nitrogens is 3. The molecule has 26 heavy (non-hydrogen) atoms. The van der Waals surface area contributed by atoms with Crippen molar-refractivity contribution >= 4 is 23.3 Å². The van der Waals surface area contributed by atoms with Crippen LogP contribution in [0.1, 0.15) is 6.92 Å². The van der Waals surface area contributed by atoms with Gasteiger partial charge in [-0.3, -0.25) is 14.9 Å². The Kier molecular flexibility index (Phi) is 5.87. The van der Waals surface area contributed by atoms with Crippen molar-refractivity contribution in [3.05, 3.63) is 50.8 Å². The summed E-state index contributed by atoms with van der Waals surface area (Å²) in [5.74, 6) is -0.785. The number of ether oxygens (including phenoxy) is 1. The molecule has 0 aliphatic rings. The highest BCUT2D eigenvalue weighted by molar-refractivity contribution is 5.84. The van der Waals surface area contributed by atoms with Crippen molar-refractivity contribution in [1.82, 2.24) is 20.2 Å². The third-order valence-corrected chi connectivity index (χ3v) is 2.87. The van der Waals surface area contributed by atoms with Gasteiger partial charge in [-0.2, -0.15) is 9.78 Å². The number of benzene rings is 1. The van der Waals surface area contributed by atoms with Gasteiger partial charge < -0.3 is 14.9 Å². The van der Waals surface area contributed by atoms with E-state index < -0.39 is 21.7 Å². The summed E-state index contributed by atoms with van der Waals surface area (Å²) in [6.07, 6.45) is 1.18. The number of hydrazone groups is 1. The number of nitrogens with one attached hydrogen (secondary N) is 1. The van der Waals surface area contributed by atoms with E-state index in [1.807, 2.05) is 0 Å². The SMILES string of the molecule is C/C(Cn1cnc([N+](=O)[O-])n1)=N\NC(=O)COc1ccc([N+](=O)[O-])cc1. The van der Waals surface area contributed by atoms with Gasteiger partial charge in [0.05, 0.1) is 17.2 Å². The number of nitro groups is 2. The molecule has 136 valence electrons. The molecule has 0 atom stereocenters. The first-order valence-corrected chi connectivity index (χ1v) is 7.08. The Morgan fingerprint density at radius 3 is 2.54 bits per heavy atom. The first-order valence-electron chi connectivity index (χ1n) is 7.08. The molecule has 1 N–H and O–H groups in total. The van der Waals surface area contributed by atoms with Crippen LogP contribution in [-0.2, 0) is 11.3 Å². The van der Waals surface area contributed by atoms with E-state index in [1.54, 1.807) is 6.92 Å². The van der Waals surface area contributed by atoms with E-state index in [1.165, 1.54) is 35.3 Å². The van der Waals surface area contributed by atoms with Crippen LogP contribution in [0.3, 0.4) is 0 Å². The van der Waals surface area contributed by atoms with E-state index in [9.17, 15) is 25.0 Å². The van der Waals surface area contributed by atoms with Gasteiger partial charge in [0, 0.05) is 17.2 Å². The summed E-state index contributed by atoms with van der Waals surface area (Å²) in [5.41, 5.74) is 2.59. The fraction of sp³-hybridized carbons (Fsp3) is 0.231. The Labute approximate surface area is 145 Å². The number of carbonyl (C=O) groups is 1. The second kappa shape index (κ2) is 8.27. The van der Waals surface area contributed by atoms with Crippen molar-refractivity contribution in [2.24, 2.45) is 5.10 Å². The van der Waals surface area contributed by atoms with Gasteiger partial charge in [-0.1, -0.05) is 4.98 Å². The zero-order valence-electron chi connectivity index (χ0n) is 13.4. The lowest BCUT2D eigenvalue weighted by Crippen LogP contribution is -2.26. The number of rotatable bonds is 8. The monoisotopic (exact) mass is 363 g/mol. The molecular formula is C13H13N7O6. The zero-order valence-corrected chi connectivity index (χ0v) is 13.4. The molecule has 0 radical (unpaired) electrons. The molecule has 1 aromatic carbocycles. The van der Waals surface area contributed by atoms with Crippen LogP contribution in [0.25, 0.3) is 0 Å². The predicted molar refractivity (Wildman–Crippen MR) is 86.5 cm³/mol. The van der Waals surface area contributed by atoms with Crippen LogP contribution >= 0.6 is 0 Å². The quantitative estimate of drug-likeness (QED) is 0.405. The van der Waals surface area contributed by atoms with E-state index in [4.69, 9.17) is 4.74 Å². The van der Waals surface area contributed by atoms with Crippen LogP contribution in [0.2, 0.25) is 0 Å². The average molecular weight is 363 g/mol. The number of nitro benzene ring substituents is 1. The van der Waals surface area contributed by atoms with Gasteiger partial charge in [-0.25, -0.2) is 5.43 Å². The molecule has 1 heterocycles. The van der Waals surface area contributed by atoms with E-state index in [2.05, 4.69) is 20.6 Å². The molecule has 2 aromatic rings. The summed E-state index contributed by atoms with van der Waals surface area (Å²) in [5, 5.41) is 28.4. The van der Waals surface area contributed by atoms with Gasteiger partial charge >= 0.3 is 5.95 Å². The average Bonchev–Trinajstić information content (AvgIpc) is 3.07. The highest BCUT2D eigenvalue weighted by atomic mass is 16.6. The third-order valence-electron chi connectivity index (χ3n) is 2.87. The maximum absolute atomic E-state index is 11.7. The molecule has 13 nitrogen and oxygen atoms in total. The minimum absolute atomic E-state index is 0.0876. The van der Waals surface area contributed by atoms with Crippen LogP contribution in [-0.4, -0.2) is 42.8 Å². The minimum Gasteiger partial charge on any atom is -0.484 e. The molecule has 0 saturated heterocycles. The first-order chi connectivity index (χ1) is 12.3. The lowest BCUT2D eigenvalue weighted by atomic mass is 10.3. The number of hydrogen-bond donors (Lipinski definition) is 1. The Hall–Kier alpha value is -3.90. The van der Waals surface area contributed by atoms with Crippen LogP contribution in [0.5, 0.6) is 5.75 Å². The summed E-state index contributed by atoms with van der Waals surface area (Å²) in [4.78, 5) is 34.9. The maximum Gasteiger partial charge on any atom is 0.490 e. The number of hydrogen-bond acceptors (Lipinski definition) is 9. The molecule has 0 unspecified atom stereocenters. The van der Waals surface area contributed by atoms with E-state index in [-0.39, 0.29) is 18.8 Å². The summed E-state index contributed by atoms with van der Waals surface area (Å²) >= 11 is 0. The lowest BCUT2D eigenvalue weighted by molar-refractivity contribution is -0.394. The molecule has 0 bridgehead atoms. The molecule has 0 aliphatic heterocycles. The number of amides is 1. The topological polar surface area (TPSA) is 168 Å². The van der Waals surface area contributed by atoms with Crippen molar-refractivity contribution < 1.29 is 19.4 Å². The Balaban J connectivity index is 1.80. The van der Waals surface area contributed by atoms with Crippen LogP contribution in [0, 0.1) is 20.2 Å². The highest BCUT2D eigenvalue weighted by Crippen LogP contribution is 2.16. The van der Waals surface area contributed by atoms with Crippen molar-refractivity contribution in [2.75, 3.05) is 6.61 Å². The van der Waals surface area contributed by atoms with Crippen LogP contribution in [0.4, 0.5) is 11.6 Å². The molecule has 1 aromatic heterocycles. The molecule has 0 saturated carbocycles. The number of carbonyl (C=O) groups excluding carboxylic acids is 1. The van der Waals surface area contributed by atoms with Crippen LogP contribution in [0.15, 0.2) is 35.7 Å².